The van der Waals surface area contributed by atoms with Crippen LogP contribution in [-0.2, 0) is 6.42 Å². The third-order valence-corrected chi connectivity index (χ3v) is 2.10. The second-order valence-electron chi connectivity index (χ2n) is 3.62. The van der Waals surface area contributed by atoms with E-state index in [4.69, 9.17) is 5.73 Å². The number of aryl methyl sites for hydroxylation is 1. The van der Waals surface area contributed by atoms with Gasteiger partial charge in [0.1, 0.15) is 17.5 Å². The maximum Gasteiger partial charge on any atom is 0.136 e. The summed E-state index contributed by atoms with van der Waals surface area (Å²) in [7, 11) is 3.93. The van der Waals surface area contributed by atoms with Gasteiger partial charge < -0.3 is 10.6 Å². The molecule has 1 aromatic rings. The number of aromatic nitrogens is 2. The normalized spacial score (nSPS) is 10.3. The van der Waals surface area contributed by atoms with Gasteiger partial charge in [-0.05, 0) is 13.3 Å². The van der Waals surface area contributed by atoms with E-state index >= 15 is 0 Å². The Labute approximate surface area is 85.2 Å². The van der Waals surface area contributed by atoms with Crippen molar-refractivity contribution in [2.45, 2.75) is 26.7 Å². The molecule has 0 unspecified atom stereocenters. The number of nitrogens with zero attached hydrogens (tertiary/aromatic N) is 3. The van der Waals surface area contributed by atoms with E-state index in [1.165, 1.54) is 0 Å². The number of nitrogen functional groups attached to an aromatic ring is 1. The van der Waals surface area contributed by atoms with Crippen LogP contribution in [0.1, 0.15) is 24.7 Å². The van der Waals surface area contributed by atoms with Crippen LogP contribution in [0.5, 0.6) is 0 Å². The van der Waals surface area contributed by atoms with Gasteiger partial charge in [0.25, 0.3) is 0 Å². The first-order valence-electron chi connectivity index (χ1n) is 4.86. The molecular weight excluding hydrogens is 176 g/mol. The van der Waals surface area contributed by atoms with Crippen LogP contribution in [0.3, 0.4) is 0 Å². The van der Waals surface area contributed by atoms with E-state index in [-0.39, 0.29) is 0 Å². The van der Waals surface area contributed by atoms with Crippen LogP contribution in [0.25, 0.3) is 0 Å². The maximum atomic E-state index is 5.81. The van der Waals surface area contributed by atoms with E-state index < -0.39 is 0 Å². The molecule has 1 aromatic heterocycles. The number of rotatable bonds is 3. The van der Waals surface area contributed by atoms with Crippen LogP contribution in [-0.4, -0.2) is 24.1 Å². The molecule has 0 atom stereocenters. The zero-order valence-electron chi connectivity index (χ0n) is 9.33. The molecular formula is C10H18N4. The molecule has 0 saturated heterocycles. The van der Waals surface area contributed by atoms with E-state index in [1.54, 1.807) is 0 Å². The van der Waals surface area contributed by atoms with Crippen molar-refractivity contribution in [2.24, 2.45) is 0 Å². The summed E-state index contributed by atoms with van der Waals surface area (Å²) < 4.78 is 0. The Bertz CT molecular complexity index is 320. The molecule has 0 bridgehead atoms. The Morgan fingerprint density at radius 2 is 1.93 bits per heavy atom. The second-order valence-corrected chi connectivity index (χ2v) is 3.62. The van der Waals surface area contributed by atoms with E-state index in [0.717, 1.165) is 30.0 Å². The third-order valence-electron chi connectivity index (χ3n) is 2.10. The molecule has 14 heavy (non-hydrogen) atoms. The van der Waals surface area contributed by atoms with Crippen LogP contribution in [0.2, 0.25) is 0 Å². The summed E-state index contributed by atoms with van der Waals surface area (Å²) in [5, 5.41) is 0. The van der Waals surface area contributed by atoms with E-state index in [9.17, 15) is 0 Å². The molecule has 1 rings (SSSR count). The average molecular weight is 194 g/mol. The first-order valence-corrected chi connectivity index (χ1v) is 4.86. The summed E-state index contributed by atoms with van der Waals surface area (Å²) in [5.74, 6) is 2.34. The van der Waals surface area contributed by atoms with Gasteiger partial charge in [0, 0.05) is 26.1 Å². The van der Waals surface area contributed by atoms with Crippen LogP contribution in [0.15, 0.2) is 0 Å². The highest BCUT2D eigenvalue weighted by molar-refractivity contribution is 5.55. The van der Waals surface area contributed by atoms with Crippen molar-refractivity contribution in [2.75, 3.05) is 24.7 Å². The van der Waals surface area contributed by atoms with Gasteiger partial charge in [0.2, 0.25) is 0 Å². The predicted molar refractivity (Wildman–Crippen MR) is 59.5 cm³/mol. The number of nitrogens with two attached hydrogens (primary N) is 1. The smallest absolute Gasteiger partial charge is 0.136 e. The molecule has 0 aliphatic heterocycles. The van der Waals surface area contributed by atoms with Gasteiger partial charge in [-0.25, -0.2) is 9.97 Å². The lowest BCUT2D eigenvalue weighted by Gasteiger charge is -2.16. The molecule has 0 radical (unpaired) electrons. The van der Waals surface area contributed by atoms with Crippen molar-refractivity contribution < 1.29 is 0 Å². The van der Waals surface area contributed by atoms with Gasteiger partial charge in [0.05, 0.1) is 0 Å². The molecule has 0 aliphatic carbocycles. The number of hydrogen-bond donors (Lipinski definition) is 1. The SMILES string of the molecule is CCCc1nc(N)c(C)c(N(C)C)n1. The summed E-state index contributed by atoms with van der Waals surface area (Å²) in [6.45, 7) is 4.05. The highest BCUT2D eigenvalue weighted by Crippen LogP contribution is 2.19. The zero-order valence-corrected chi connectivity index (χ0v) is 9.33. The summed E-state index contributed by atoms with van der Waals surface area (Å²) in [6, 6.07) is 0. The molecule has 4 heteroatoms. The van der Waals surface area contributed by atoms with E-state index in [2.05, 4.69) is 16.9 Å². The predicted octanol–water partition coefficient (Wildman–Crippen LogP) is 1.39. The fourth-order valence-corrected chi connectivity index (χ4v) is 1.34. The molecule has 0 spiro atoms. The summed E-state index contributed by atoms with van der Waals surface area (Å²) in [5.41, 5.74) is 6.77. The fraction of sp³-hybridized carbons (Fsp3) is 0.600. The first-order chi connectivity index (χ1) is 6.56. The van der Waals surface area contributed by atoms with Crippen molar-refractivity contribution in [3.05, 3.63) is 11.4 Å². The minimum atomic E-state index is 0.590. The van der Waals surface area contributed by atoms with Crippen molar-refractivity contribution >= 4 is 11.6 Å². The molecule has 0 aliphatic rings. The highest BCUT2D eigenvalue weighted by Gasteiger charge is 2.09. The van der Waals surface area contributed by atoms with Crippen LogP contribution in [0, 0.1) is 6.92 Å². The molecule has 78 valence electrons. The molecule has 0 aromatic carbocycles. The number of hydrogen-bond acceptors (Lipinski definition) is 4. The Balaban J connectivity index is 3.14. The summed E-state index contributed by atoms with van der Waals surface area (Å²) in [6.07, 6.45) is 1.92. The lowest BCUT2D eigenvalue weighted by atomic mass is 10.2. The lowest BCUT2D eigenvalue weighted by molar-refractivity contribution is 0.827. The summed E-state index contributed by atoms with van der Waals surface area (Å²) >= 11 is 0. The minimum Gasteiger partial charge on any atom is -0.383 e. The van der Waals surface area contributed by atoms with Gasteiger partial charge in [0.15, 0.2) is 0 Å². The average Bonchev–Trinajstić information content (AvgIpc) is 2.11. The highest BCUT2D eigenvalue weighted by atomic mass is 15.2. The first kappa shape index (κ1) is 10.8. The van der Waals surface area contributed by atoms with Crippen molar-refractivity contribution in [3.8, 4) is 0 Å². The molecule has 0 amide bonds. The van der Waals surface area contributed by atoms with E-state index in [1.807, 2.05) is 25.9 Å². The van der Waals surface area contributed by atoms with Crippen LogP contribution < -0.4 is 10.6 Å². The zero-order chi connectivity index (χ0) is 10.7. The Morgan fingerprint density at radius 3 is 2.43 bits per heavy atom. The quantitative estimate of drug-likeness (QED) is 0.790. The van der Waals surface area contributed by atoms with Crippen molar-refractivity contribution in [3.63, 3.8) is 0 Å². The summed E-state index contributed by atoms with van der Waals surface area (Å²) in [4.78, 5) is 10.7. The standard InChI is InChI=1S/C10H18N4/c1-5-6-8-12-9(11)7(2)10(13-8)14(3)4/h5-6H2,1-4H3,(H2,11,12,13). The minimum absolute atomic E-state index is 0.590. The van der Waals surface area contributed by atoms with Gasteiger partial charge in [-0.15, -0.1) is 0 Å². The largest absolute Gasteiger partial charge is 0.383 e. The second kappa shape index (κ2) is 4.26. The molecule has 0 saturated carbocycles. The molecule has 2 N–H and O–H groups in total. The topological polar surface area (TPSA) is 55.0 Å². The van der Waals surface area contributed by atoms with Crippen molar-refractivity contribution in [1.82, 2.24) is 9.97 Å². The van der Waals surface area contributed by atoms with Gasteiger partial charge in [-0.1, -0.05) is 6.92 Å². The monoisotopic (exact) mass is 194 g/mol. The fourth-order valence-electron chi connectivity index (χ4n) is 1.34. The lowest BCUT2D eigenvalue weighted by Crippen LogP contribution is -2.16. The Kier molecular flexibility index (Phi) is 3.28. The Morgan fingerprint density at radius 1 is 1.29 bits per heavy atom. The molecule has 4 nitrogen and oxygen atoms in total. The molecule has 1 heterocycles. The van der Waals surface area contributed by atoms with Gasteiger partial charge >= 0.3 is 0 Å². The van der Waals surface area contributed by atoms with Crippen molar-refractivity contribution in [1.29, 1.82) is 0 Å². The van der Waals surface area contributed by atoms with Crippen LogP contribution in [0.4, 0.5) is 11.6 Å². The number of anilines is 2. The maximum absolute atomic E-state index is 5.81. The Hall–Kier alpha value is -1.32. The van der Waals surface area contributed by atoms with Gasteiger partial charge in [-0.2, -0.15) is 0 Å². The molecule has 0 fully saturated rings. The van der Waals surface area contributed by atoms with Crippen LogP contribution >= 0.6 is 0 Å². The van der Waals surface area contributed by atoms with Gasteiger partial charge in [-0.3, -0.25) is 0 Å². The third kappa shape index (κ3) is 2.13. The van der Waals surface area contributed by atoms with E-state index in [0.29, 0.717) is 5.82 Å².